The molecule has 0 aliphatic carbocycles. The Kier molecular flexibility index (Phi) is 5.04. The third-order valence-corrected chi connectivity index (χ3v) is 5.21. The summed E-state index contributed by atoms with van der Waals surface area (Å²) in [5, 5.41) is 3.86. The predicted molar refractivity (Wildman–Crippen MR) is 106 cm³/mol. The summed E-state index contributed by atoms with van der Waals surface area (Å²) in [5.74, 6) is -4.09. The van der Waals surface area contributed by atoms with Crippen molar-refractivity contribution in [1.82, 2.24) is 9.88 Å². The molecule has 5 nitrogen and oxygen atoms in total. The van der Waals surface area contributed by atoms with Crippen molar-refractivity contribution < 1.29 is 18.0 Å². The Morgan fingerprint density at radius 2 is 1.97 bits per heavy atom. The van der Waals surface area contributed by atoms with Gasteiger partial charge in [-0.3, -0.25) is 9.78 Å². The van der Waals surface area contributed by atoms with Gasteiger partial charge in [-0.25, -0.2) is 18.0 Å². The molecule has 0 radical (unpaired) electrons. The summed E-state index contributed by atoms with van der Waals surface area (Å²) in [6.45, 7) is 9.69. The number of nitrogens with one attached hydrogen (secondary N) is 1. The molecule has 4 rings (SSSR count). The molecular weight excluding hydrogens is 393 g/mol. The number of hydrogen-bond acceptors (Lipinski definition) is 3. The fourth-order valence-electron chi connectivity index (χ4n) is 3.67. The van der Waals surface area contributed by atoms with Gasteiger partial charge in [0, 0.05) is 55.3 Å². The SMILES string of the molecule is [C-]#[N+]c1ccc2nc3c(c(NCc4cc(F)c(F)c(F)c4)c2c1)CN(C(C)=O)CC3. The van der Waals surface area contributed by atoms with Crippen LogP contribution in [-0.4, -0.2) is 22.3 Å². The number of amides is 1. The highest BCUT2D eigenvalue weighted by atomic mass is 19.2. The second kappa shape index (κ2) is 7.67. The van der Waals surface area contributed by atoms with Crippen molar-refractivity contribution >= 4 is 28.2 Å². The number of fused-ring (bicyclic) bond motifs is 2. The summed E-state index contributed by atoms with van der Waals surface area (Å²) in [7, 11) is 0. The van der Waals surface area contributed by atoms with Crippen LogP contribution in [-0.2, 0) is 24.3 Å². The van der Waals surface area contributed by atoms with E-state index in [0.29, 0.717) is 41.8 Å². The molecule has 1 aromatic heterocycles. The number of pyridine rings is 1. The van der Waals surface area contributed by atoms with Crippen LogP contribution in [0.25, 0.3) is 15.7 Å². The lowest BCUT2D eigenvalue weighted by Gasteiger charge is -2.30. The van der Waals surface area contributed by atoms with Gasteiger partial charge in [-0.05, 0) is 29.8 Å². The van der Waals surface area contributed by atoms with Crippen LogP contribution in [0.5, 0.6) is 0 Å². The lowest BCUT2D eigenvalue weighted by Crippen LogP contribution is -2.35. The predicted octanol–water partition coefficient (Wildman–Crippen LogP) is 4.72. The number of carbonyl (C=O) groups excluding carboxylic acids is 1. The minimum atomic E-state index is -1.51. The molecule has 1 aliphatic heterocycles. The van der Waals surface area contributed by atoms with E-state index in [0.717, 1.165) is 23.4 Å². The topological polar surface area (TPSA) is 49.6 Å². The van der Waals surface area contributed by atoms with Crippen molar-refractivity contribution in [2.24, 2.45) is 0 Å². The molecule has 0 bridgehead atoms. The van der Waals surface area contributed by atoms with E-state index in [4.69, 9.17) is 6.57 Å². The molecule has 2 aromatic carbocycles. The van der Waals surface area contributed by atoms with Gasteiger partial charge >= 0.3 is 0 Å². The maximum atomic E-state index is 13.6. The number of rotatable bonds is 3. The van der Waals surface area contributed by atoms with Crippen LogP contribution in [0.1, 0.15) is 23.7 Å². The molecule has 1 aliphatic rings. The first-order chi connectivity index (χ1) is 14.4. The molecular formula is C22H17F3N4O. The third kappa shape index (κ3) is 3.54. The third-order valence-electron chi connectivity index (χ3n) is 5.21. The molecule has 3 aromatic rings. The zero-order valence-corrected chi connectivity index (χ0v) is 16.1. The van der Waals surface area contributed by atoms with Crippen LogP contribution >= 0.6 is 0 Å². The smallest absolute Gasteiger partial charge is 0.219 e. The van der Waals surface area contributed by atoms with Crippen molar-refractivity contribution in [3.63, 3.8) is 0 Å². The van der Waals surface area contributed by atoms with E-state index in [9.17, 15) is 18.0 Å². The second-order valence-corrected chi connectivity index (χ2v) is 7.14. The Hall–Kier alpha value is -3.60. The van der Waals surface area contributed by atoms with Crippen molar-refractivity contribution in [2.45, 2.75) is 26.4 Å². The first-order valence-electron chi connectivity index (χ1n) is 9.33. The Bertz CT molecular complexity index is 1200. The van der Waals surface area contributed by atoms with Gasteiger partial charge in [-0.1, -0.05) is 6.07 Å². The average Bonchev–Trinajstić information content (AvgIpc) is 2.74. The van der Waals surface area contributed by atoms with Gasteiger partial charge in [0.2, 0.25) is 5.91 Å². The van der Waals surface area contributed by atoms with E-state index in [1.54, 1.807) is 23.1 Å². The zero-order valence-electron chi connectivity index (χ0n) is 16.1. The van der Waals surface area contributed by atoms with Gasteiger partial charge in [-0.2, -0.15) is 0 Å². The lowest BCUT2D eigenvalue weighted by atomic mass is 9.99. The minimum Gasteiger partial charge on any atom is -0.380 e. The maximum Gasteiger partial charge on any atom is 0.219 e. The van der Waals surface area contributed by atoms with E-state index in [1.807, 2.05) is 0 Å². The van der Waals surface area contributed by atoms with Gasteiger partial charge in [0.1, 0.15) is 0 Å². The molecule has 0 saturated carbocycles. The summed E-state index contributed by atoms with van der Waals surface area (Å²) in [5.41, 5.74) is 3.60. The van der Waals surface area contributed by atoms with Crippen molar-refractivity contribution in [2.75, 3.05) is 11.9 Å². The molecule has 8 heteroatoms. The number of anilines is 1. The van der Waals surface area contributed by atoms with E-state index in [-0.39, 0.29) is 18.0 Å². The molecule has 0 atom stereocenters. The highest BCUT2D eigenvalue weighted by molar-refractivity contribution is 5.96. The molecule has 0 saturated heterocycles. The summed E-state index contributed by atoms with van der Waals surface area (Å²) in [6.07, 6.45) is 0.573. The Labute approximate surface area is 171 Å². The number of benzene rings is 2. The number of nitrogens with zero attached hydrogens (tertiary/aromatic N) is 3. The molecule has 30 heavy (non-hydrogen) atoms. The van der Waals surface area contributed by atoms with Gasteiger partial charge in [-0.15, -0.1) is 0 Å². The number of carbonyl (C=O) groups is 1. The summed E-state index contributed by atoms with van der Waals surface area (Å²) >= 11 is 0. The van der Waals surface area contributed by atoms with E-state index >= 15 is 0 Å². The van der Waals surface area contributed by atoms with Crippen molar-refractivity contribution in [3.05, 3.63) is 76.0 Å². The summed E-state index contributed by atoms with van der Waals surface area (Å²) in [4.78, 5) is 21.7. The molecule has 1 amide bonds. The highest BCUT2D eigenvalue weighted by Crippen LogP contribution is 2.35. The summed E-state index contributed by atoms with van der Waals surface area (Å²) < 4.78 is 40.5. The number of halogens is 3. The van der Waals surface area contributed by atoms with Crippen LogP contribution < -0.4 is 5.32 Å². The van der Waals surface area contributed by atoms with E-state index in [1.165, 1.54) is 6.92 Å². The van der Waals surface area contributed by atoms with Gasteiger partial charge < -0.3 is 10.2 Å². The number of aromatic nitrogens is 1. The normalized spacial score (nSPS) is 13.1. The standard InChI is InChI=1S/C22H17F3N4O/c1-12(30)29-6-5-20-16(11-29)22(15-9-14(26-2)3-4-19(15)28-20)27-10-13-7-17(23)21(25)18(24)8-13/h3-4,7-9H,5-6,10-11H2,1H3,(H,27,28). The molecule has 1 N–H and O–H groups in total. The number of hydrogen-bond donors (Lipinski definition) is 1. The first kappa shape index (κ1) is 19.7. The highest BCUT2D eigenvalue weighted by Gasteiger charge is 2.24. The Morgan fingerprint density at radius 3 is 2.63 bits per heavy atom. The minimum absolute atomic E-state index is 0.0298. The van der Waals surface area contributed by atoms with Crippen LogP contribution in [0.3, 0.4) is 0 Å². The van der Waals surface area contributed by atoms with E-state index < -0.39 is 17.5 Å². The first-order valence-corrected chi connectivity index (χ1v) is 9.33. The lowest BCUT2D eigenvalue weighted by molar-refractivity contribution is -0.129. The Balaban J connectivity index is 1.80. The molecule has 0 spiro atoms. The fourth-order valence-corrected chi connectivity index (χ4v) is 3.67. The van der Waals surface area contributed by atoms with E-state index in [2.05, 4.69) is 15.1 Å². The molecule has 2 heterocycles. The van der Waals surface area contributed by atoms with Crippen molar-refractivity contribution in [3.8, 4) is 0 Å². The quantitative estimate of drug-likeness (QED) is 0.502. The Morgan fingerprint density at radius 1 is 1.23 bits per heavy atom. The van der Waals surface area contributed by atoms with Gasteiger partial charge in [0.05, 0.1) is 12.1 Å². The van der Waals surface area contributed by atoms with Crippen LogP contribution in [0.15, 0.2) is 30.3 Å². The molecule has 0 fully saturated rings. The average molecular weight is 410 g/mol. The van der Waals surface area contributed by atoms with Crippen LogP contribution in [0.2, 0.25) is 0 Å². The van der Waals surface area contributed by atoms with Crippen molar-refractivity contribution in [1.29, 1.82) is 0 Å². The molecule has 0 unspecified atom stereocenters. The second-order valence-electron chi connectivity index (χ2n) is 7.14. The maximum absolute atomic E-state index is 13.6. The molecule has 152 valence electrons. The summed E-state index contributed by atoms with van der Waals surface area (Å²) in [6, 6.07) is 6.99. The fraction of sp³-hybridized carbons (Fsp3) is 0.227. The van der Waals surface area contributed by atoms with Gasteiger partial charge in [0.25, 0.3) is 0 Å². The monoisotopic (exact) mass is 410 g/mol. The zero-order chi connectivity index (χ0) is 21.4. The largest absolute Gasteiger partial charge is 0.380 e. The van der Waals surface area contributed by atoms with Crippen LogP contribution in [0, 0.1) is 24.0 Å². The van der Waals surface area contributed by atoms with Crippen LogP contribution in [0.4, 0.5) is 24.5 Å². The van der Waals surface area contributed by atoms with Gasteiger partial charge in [0.15, 0.2) is 23.1 Å².